The first-order valence-corrected chi connectivity index (χ1v) is 8.84. The second kappa shape index (κ2) is 7.97. The Morgan fingerprint density at radius 3 is 2.72 bits per heavy atom. The van der Waals surface area contributed by atoms with Crippen molar-refractivity contribution in [2.75, 3.05) is 39.9 Å². The van der Waals surface area contributed by atoms with Crippen molar-refractivity contribution in [2.24, 2.45) is 5.92 Å². The predicted molar refractivity (Wildman–Crippen MR) is 92.9 cm³/mol. The maximum atomic E-state index is 12.9. The Hall–Kier alpha value is -1.92. The van der Waals surface area contributed by atoms with Crippen molar-refractivity contribution in [3.05, 3.63) is 35.9 Å². The molecule has 0 N–H and O–H groups in total. The van der Waals surface area contributed by atoms with E-state index < -0.39 is 0 Å². The number of benzene rings is 1. The van der Waals surface area contributed by atoms with Gasteiger partial charge in [0.05, 0.1) is 25.2 Å². The molecule has 25 heavy (non-hydrogen) atoms. The average molecular weight is 346 g/mol. The van der Waals surface area contributed by atoms with Gasteiger partial charge >= 0.3 is 0 Å². The first-order chi connectivity index (χ1) is 12.1. The molecule has 2 aliphatic rings. The molecular weight excluding hydrogens is 320 g/mol. The molecule has 2 heterocycles. The average Bonchev–Trinajstić information content (AvgIpc) is 3.00. The van der Waals surface area contributed by atoms with E-state index in [1.165, 1.54) is 0 Å². The molecule has 3 atom stereocenters. The highest BCUT2D eigenvalue weighted by molar-refractivity contribution is 5.89. The van der Waals surface area contributed by atoms with Gasteiger partial charge in [-0.3, -0.25) is 9.59 Å². The number of morpholine rings is 1. The molecule has 0 saturated carbocycles. The van der Waals surface area contributed by atoms with E-state index in [0.717, 1.165) is 5.56 Å². The molecule has 2 amide bonds. The Labute approximate surface area is 148 Å². The molecule has 0 aromatic heterocycles. The van der Waals surface area contributed by atoms with E-state index in [9.17, 15) is 9.59 Å². The van der Waals surface area contributed by atoms with E-state index in [0.29, 0.717) is 39.2 Å². The van der Waals surface area contributed by atoms with Gasteiger partial charge in [-0.25, -0.2) is 0 Å². The fourth-order valence-corrected chi connectivity index (χ4v) is 3.60. The molecular formula is C19H26N2O4. The van der Waals surface area contributed by atoms with E-state index in [4.69, 9.17) is 9.47 Å². The number of nitrogens with zero attached hydrogens (tertiary/aromatic N) is 2. The minimum atomic E-state index is -0.258. The van der Waals surface area contributed by atoms with Crippen LogP contribution in [-0.2, 0) is 19.1 Å². The van der Waals surface area contributed by atoms with Crippen LogP contribution < -0.4 is 0 Å². The van der Waals surface area contributed by atoms with Crippen LogP contribution in [0.1, 0.15) is 25.0 Å². The van der Waals surface area contributed by atoms with E-state index in [2.05, 4.69) is 0 Å². The molecule has 2 aliphatic heterocycles. The van der Waals surface area contributed by atoms with Crippen molar-refractivity contribution in [1.82, 2.24) is 9.80 Å². The molecule has 0 bridgehead atoms. The van der Waals surface area contributed by atoms with Crippen LogP contribution in [-0.4, -0.2) is 67.6 Å². The molecule has 2 saturated heterocycles. The molecule has 2 fully saturated rings. The Kier molecular flexibility index (Phi) is 5.71. The predicted octanol–water partition coefficient (Wildman–Crippen LogP) is 1.47. The number of carbonyl (C=O) groups is 2. The van der Waals surface area contributed by atoms with Crippen LogP contribution in [0.15, 0.2) is 30.3 Å². The minimum absolute atomic E-state index is 0.0235. The highest BCUT2D eigenvalue weighted by Crippen LogP contribution is 2.28. The van der Waals surface area contributed by atoms with Gasteiger partial charge in [0.25, 0.3) is 0 Å². The number of hydrogen-bond acceptors (Lipinski definition) is 4. The van der Waals surface area contributed by atoms with Gasteiger partial charge in [0.15, 0.2) is 0 Å². The van der Waals surface area contributed by atoms with Crippen molar-refractivity contribution in [3.63, 3.8) is 0 Å². The van der Waals surface area contributed by atoms with Crippen molar-refractivity contribution in [2.45, 2.75) is 25.6 Å². The van der Waals surface area contributed by atoms with Crippen LogP contribution in [0.25, 0.3) is 0 Å². The fraction of sp³-hybridized carbons (Fsp3) is 0.579. The Balaban J connectivity index is 1.64. The van der Waals surface area contributed by atoms with Crippen LogP contribution >= 0.6 is 0 Å². The van der Waals surface area contributed by atoms with Gasteiger partial charge in [0.1, 0.15) is 6.10 Å². The van der Waals surface area contributed by atoms with Gasteiger partial charge in [-0.15, -0.1) is 0 Å². The monoisotopic (exact) mass is 346 g/mol. The van der Waals surface area contributed by atoms with Crippen molar-refractivity contribution in [3.8, 4) is 0 Å². The molecule has 0 radical (unpaired) electrons. The molecule has 6 heteroatoms. The maximum absolute atomic E-state index is 12.9. The van der Waals surface area contributed by atoms with Crippen LogP contribution in [0.3, 0.4) is 0 Å². The molecule has 0 aliphatic carbocycles. The fourth-order valence-electron chi connectivity index (χ4n) is 3.60. The number of amides is 2. The Morgan fingerprint density at radius 1 is 1.24 bits per heavy atom. The van der Waals surface area contributed by atoms with Gasteiger partial charge in [0.2, 0.25) is 11.8 Å². The first kappa shape index (κ1) is 17.9. The summed E-state index contributed by atoms with van der Waals surface area (Å²) >= 11 is 0. The first-order valence-electron chi connectivity index (χ1n) is 8.84. The van der Waals surface area contributed by atoms with Gasteiger partial charge in [-0.1, -0.05) is 30.3 Å². The molecule has 0 unspecified atom stereocenters. The highest BCUT2D eigenvalue weighted by Gasteiger charge is 2.38. The number of ether oxygens (including phenoxy) is 2. The third-order valence-electron chi connectivity index (χ3n) is 4.87. The van der Waals surface area contributed by atoms with Crippen LogP contribution in [0.2, 0.25) is 0 Å². The lowest BCUT2D eigenvalue weighted by atomic mass is 10.0. The standard InChI is InChI=1S/C19H26N2O4/c1-14-11-21(13-17(25-14)15-6-4-3-5-7-15)19(23)16-10-18(22)20(12-16)8-9-24-2/h3-7,14,16-17H,8-13H2,1-2H3/t14-,16-,17+/m1/s1. The zero-order valence-corrected chi connectivity index (χ0v) is 14.9. The third kappa shape index (κ3) is 4.19. The largest absolute Gasteiger partial charge is 0.383 e. The van der Waals surface area contributed by atoms with E-state index in [-0.39, 0.29) is 29.9 Å². The molecule has 136 valence electrons. The van der Waals surface area contributed by atoms with Gasteiger partial charge < -0.3 is 19.3 Å². The third-order valence-corrected chi connectivity index (χ3v) is 4.87. The Morgan fingerprint density at radius 2 is 2.00 bits per heavy atom. The van der Waals surface area contributed by atoms with Crippen molar-refractivity contribution < 1.29 is 19.1 Å². The lowest BCUT2D eigenvalue weighted by Crippen LogP contribution is -2.48. The van der Waals surface area contributed by atoms with Crippen molar-refractivity contribution >= 4 is 11.8 Å². The number of likely N-dealkylation sites (tertiary alicyclic amines) is 1. The van der Waals surface area contributed by atoms with E-state index in [1.807, 2.05) is 42.2 Å². The Bertz CT molecular complexity index is 607. The van der Waals surface area contributed by atoms with E-state index in [1.54, 1.807) is 12.0 Å². The zero-order chi connectivity index (χ0) is 17.8. The van der Waals surface area contributed by atoms with Crippen LogP contribution in [0, 0.1) is 5.92 Å². The lowest BCUT2D eigenvalue weighted by Gasteiger charge is -2.38. The summed E-state index contributed by atoms with van der Waals surface area (Å²) in [6.07, 6.45) is 0.157. The summed E-state index contributed by atoms with van der Waals surface area (Å²) < 4.78 is 11.1. The summed E-state index contributed by atoms with van der Waals surface area (Å²) in [7, 11) is 1.61. The SMILES string of the molecule is COCCN1C[C@H](C(=O)N2C[C@@H](C)O[C@H](c3ccccc3)C2)CC1=O. The zero-order valence-electron chi connectivity index (χ0n) is 14.9. The second-order valence-electron chi connectivity index (χ2n) is 6.82. The molecule has 6 nitrogen and oxygen atoms in total. The molecule has 3 rings (SSSR count). The van der Waals surface area contributed by atoms with Gasteiger partial charge in [0, 0.05) is 33.2 Å². The molecule has 1 aromatic carbocycles. The number of methoxy groups -OCH3 is 1. The van der Waals surface area contributed by atoms with Crippen LogP contribution in [0.4, 0.5) is 0 Å². The van der Waals surface area contributed by atoms with Crippen molar-refractivity contribution in [1.29, 1.82) is 0 Å². The topological polar surface area (TPSA) is 59.1 Å². The summed E-state index contributed by atoms with van der Waals surface area (Å²) in [4.78, 5) is 28.6. The summed E-state index contributed by atoms with van der Waals surface area (Å²) in [5, 5.41) is 0. The smallest absolute Gasteiger partial charge is 0.228 e. The highest BCUT2D eigenvalue weighted by atomic mass is 16.5. The molecule has 1 aromatic rings. The van der Waals surface area contributed by atoms with Gasteiger partial charge in [-0.05, 0) is 12.5 Å². The quantitative estimate of drug-likeness (QED) is 0.810. The lowest BCUT2D eigenvalue weighted by molar-refractivity contribution is -0.148. The number of rotatable bonds is 5. The van der Waals surface area contributed by atoms with Gasteiger partial charge in [-0.2, -0.15) is 0 Å². The minimum Gasteiger partial charge on any atom is -0.383 e. The van der Waals surface area contributed by atoms with E-state index >= 15 is 0 Å². The molecule has 0 spiro atoms. The maximum Gasteiger partial charge on any atom is 0.228 e. The summed E-state index contributed by atoms with van der Waals surface area (Å²) in [6.45, 7) is 4.63. The number of carbonyl (C=O) groups excluding carboxylic acids is 2. The normalized spacial score (nSPS) is 27.0. The second-order valence-corrected chi connectivity index (χ2v) is 6.82. The summed E-state index contributed by atoms with van der Waals surface area (Å²) in [6, 6.07) is 9.98. The van der Waals surface area contributed by atoms with Crippen LogP contribution in [0.5, 0.6) is 0 Å². The summed E-state index contributed by atoms with van der Waals surface area (Å²) in [5.74, 6) is -0.160. The number of hydrogen-bond donors (Lipinski definition) is 0. The summed E-state index contributed by atoms with van der Waals surface area (Å²) in [5.41, 5.74) is 1.08.